The van der Waals surface area contributed by atoms with Gasteiger partial charge < -0.3 is 14.7 Å². The van der Waals surface area contributed by atoms with Crippen LogP contribution in [-0.2, 0) is 5.60 Å². The maximum absolute atomic E-state index is 12.0. The predicted octanol–water partition coefficient (Wildman–Crippen LogP) is 5.08. The Hall–Kier alpha value is -2.62. The summed E-state index contributed by atoms with van der Waals surface area (Å²) in [4.78, 5) is 2.39. The Morgan fingerprint density at radius 1 is 0.759 bits per heavy atom. The van der Waals surface area contributed by atoms with Crippen LogP contribution < -0.4 is 4.74 Å². The van der Waals surface area contributed by atoms with Gasteiger partial charge in [-0.25, -0.2) is 0 Å². The summed E-state index contributed by atoms with van der Waals surface area (Å²) in [7, 11) is 0. The quantitative estimate of drug-likeness (QED) is 0.388. The summed E-state index contributed by atoms with van der Waals surface area (Å²) in [5.41, 5.74) is 1.13. The number of nitrogens with zero attached hydrogens (tertiary/aromatic N) is 1. The highest BCUT2D eigenvalue weighted by Crippen LogP contribution is 2.40. The second-order valence-corrected chi connectivity index (χ2v) is 7.17. The van der Waals surface area contributed by atoms with Crippen LogP contribution in [0.2, 0.25) is 0 Å². The molecular weight excluding hydrogens is 358 g/mol. The van der Waals surface area contributed by atoms with Crippen LogP contribution >= 0.6 is 0 Å². The molecule has 0 aliphatic rings. The number of ether oxygens (including phenoxy) is 1. The summed E-state index contributed by atoms with van der Waals surface area (Å²) in [6.07, 6.45) is 0.950. The Bertz CT molecular complexity index is 821. The molecule has 0 aromatic heterocycles. The zero-order valence-electron chi connectivity index (χ0n) is 17.4. The number of hydrogen-bond acceptors (Lipinski definition) is 3. The predicted molar refractivity (Wildman–Crippen MR) is 119 cm³/mol. The van der Waals surface area contributed by atoms with Crippen molar-refractivity contribution in [3.8, 4) is 5.75 Å². The van der Waals surface area contributed by atoms with E-state index in [4.69, 9.17) is 4.74 Å². The number of para-hydroxylation sites is 1. The van der Waals surface area contributed by atoms with Gasteiger partial charge in [-0.2, -0.15) is 0 Å². The van der Waals surface area contributed by atoms with E-state index < -0.39 is 5.60 Å². The second kappa shape index (κ2) is 10.2. The molecule has 0 atom stereocenters. The van der Waals surface area contributed by atoms with Crippen LogP contribution in [0.4, 0.5) is 0 Å². The normalized spacial score (nSPS) is 11.6. The van der Waals surface area contributed by atoms with Crippen molar-refractivity contribution in [3.05, 3.63) is 102 Å². The Morgan fingerprint density at radius 2 is 1.28 bits per heavy atom. The molecule has 0 aliphatic heterocycles. The first kappa shape index (κ1) is 21.1. The van der Waals surface area contributed by atoms with Gasteiger partial charge >= 0.3 is 0 Å². The van der Waals surface area contributed by atoms with Crippen LogP contribution in [0.1, 0.15) is 37.0 Å². The second-order valence-electron chi connectivity index (χ2n) is 7.17. The minimum Gasteiger partial charge on any atom is -0.493 e. The third-order valence-electron chi connectivity index (χ3n) is 5.43. The third-order valence-corrected chi connectivity index (χ3v) is 5.43. The molecule has 3 aromatic rings. The van der Waals surface area contributed by atoms with Crippen molar-refractivity contribution in [2.75, 3.05) is 26.2 Å². The van der Waals surface area contributed by atoms with Gasteiger partial charge in [0.2, 0.25) is 0 Å². The standard InChI is InChI=1S/C26H31NO2/c1-3-27(4-2)20-13-21-29-25-19-12-11-18-24(25)26(28,22-14-7-5-8-15-22)23-16-9-6-10-17-23/h5-12,14-19,28H,3-4,13,20-21H2,1-2H3. The first-order valence-corrected chi connectivity index (χ1v) is 10.5. The lowest BCUT2D eigenvalue weighted by molar-refractivity contribution is 0.120. The highest BCUT2D eigenvalue weighted by Gasteiger charge is 2.36. The molecule has 0 amide bonds. The van der Waals surface area contributed by atoms with Crippen molar-refractivity contribution in [1.29, 1.82) is 0 Å². The largest absolute Gasteiger partial charge is 0.493 e. The smallest absolute Gasteiger partial charge is 0.144 e. The average molecular weight is 390 g/mol. The molecule has 0 bridgehead atoms. The number of rotatable bonds is 10. The molecule has 152 valence electrons. The van der Waals surface area contributed by atoms with Crippen molar-refractivity contribution in [2.24, 2.45) is 0 Å². The van der Waals surface area contributed by atoms with E-state index in [-0.39, 0.29) is 0 Å². The lowest BCUT2D eigenvalue weighted by Gasteiger charge is -2.31. The summed E-state index contributed by atoms with van der Waals surface area (Å²) in [6, 6.07) is 27.4. The van der Waals surface area contributed by atoms with Gasteiger partial charge in [-0.3, -0.25) is 0 Å². The van der Waals surface area contributed by atoms with Gasteiger partial charge in [0.1, 0.15) is 11.4 Å². The number of hydrogen-bond donors (Lipinski definition) is 1. The van der Waals surface area contributed by atoms with E-state index in [1.165, 1.54) is 0 Å². The summed E-state index contributed by atoms with van der Waals surface area (Å²) < 4.78 is 6.18. The highest BCUT2D eigenvalue weighted by molar-refractivity contribution is 5.52. The fourth-order valence-electron chi connectivity index (χ4n) is 3.74. The summed E-state index contributed by atoms with van der Waals surface area (Å²) >= 11 is 0. The minimum absolute atomic E-state index is 0.618. The van der Waals surface area contributed by atoms with E-state index in [9.17, 15) is 5.11 Å². The van der Waals surface area contributed by atoms with Gasteiger partial charge in [0.15, 0.2) is 0 Å². The molecule has 0 radical (unpaired) electrons. The molecule has 0 aliphatic carbocycles. The molecule has 0 unspecified atom stereocenters. The molecule has 0 saturated heterocycles. The topological polar surface area (TPSA) is 32.7 Å². The first-order valence-electron chi connectivity index (χ1n) is 10.5. The van der Waals surface area contributed by atoms with Crippen LogP contribution in [0, 0.1) is 0 Å². The van der Waals surface area contributed by atoms with E-state index in [2.05, 4.69) is 18.7 Å². The van der Waals surface area contributed by atoms with Crippen molar-refractivity contribution in [2.45, 2.75) is 25.9 Å². The minimum atomic E-state index is -1.28. The van der Waals surface area contributed by atoms with Crippen molar-refractivity contribution >= 4 is 0 Å². The summed E-state index contributed by atoms with van der Waals surface area (Å²) in [5.74, 6) is 0.724. The molecule has 3 rings (SSSR count). The molecule has 3 aromatic carbocycles. The Labute approximate surface area is 174 Å². The fourth-order valence-corrected chi connectivity index (χ4v) is 3.74. The Balaban J connectivity index is 1.92. The van der Waals surface area contributed by atoms with Crippen molar-refractivity contribution in [3.63, 3.8) is 0 Å². The van der Waals surface area contributed by atoms with Crippen LogP contribution in [0.25, 0.3) is 0 Å². The van der Waals surface area contributed by atoms with Gasteiger partial charge in [-0.15, -0.1) is 0 Å². The van der Waals surface area contributed by atoms with E-state index >= 15 is 0 Å². The van der Waals surface area contributed by atoms with Crippen LogP contribution in [0.5, 0.6) is 5.75 Å². The lowest BCUT2D eigenvalue weighted by atomic mass is 9.80. The lowest BCUT2D eigenvalue weighted by Crippen LogP contribution is -2.30. The maximum Gasteiger partial charge on any atom is 0.144 e. The molecule has 0 heterocycles. The third kappa shape index (κ3) is 4.87. The van der Waals surface area contributed by atoms with E-state index in [0.29, 0.717) is 6.61 Å². The van der Waals surface area contributed by atoms with Crippen LogP contribution in [-0.4, -0.2) is 36.2 Å². The fraction of sp³-hybridized carbons (Fsp3) is 0.308. The molecule has 0 spiro atoms. The van der Waals surface area contributed by atoms with Gasteiger partial charge in [-0.1, -0.05) is 92.7 Å². The summed E-state index contributed by atoms with van der Waals surface area (Å²) in [5, 5.41) is 12.0. The number of aliphatic hydroxyl groups is 1. The van der Waals surface area contributed by atoms with Gasteiger partial charge in [0, 0.05) is 12.1 Å². The van der Waals surface area contributed by atoms with Gasteiger partial charge in [-0.05, 0) is 36.7 Å². The number of benzene rings is 3. The van der Waals surface area contributed by atoms with Crippen LogP contribution in [0.15, 0.2) is 84.9 Å². The SMILES string of the molecule is CCN(CC)CCCOc1ccccc1C(O)(c1ccccc1)c1ccccc1. The molecule has 0 saturated carbocycles. The van der Waals surface area contributed by atoms with Gasteiger partial charge in [0.05, 0.1) is 6.61 Å². The van der Waals surface area contributed by atoms with E-state index in [1.54, 1.807) is 0 Å². The van der Waals surface area contributed by atoms with Crippen LogP contribution in [0.3, 0.4) is 0 Å². The highest BCUT2D eigenvalue weighted by atomic mass is 16.5. The maximum atomic E-state index is 12.0. The first-order chi connectivity index (χ1) is 14.2. The Morgan fingerprint density at radius 3 is 1.83 bits per heavy atom. The molecule has 29 heavy (non-hydrogen) atoms. The summed E-state index contributed by atoms with van der Waals surface area (Å²) in [6.45, 7) is 8.09. The molecule has 0 fully saturated rings. The Kier molecular flexibility index (Phi) is 7.45. The monoisotopic (exact) mass is 389 g/mol. The molecular formula is C26H31NO2. The molecule has 3 heteroatoms. The van der Waals surface area contributed by atoms with Crippen molar-refractivity contribution in [1.82, 2.24) is 4.90 Å². The van der Waals surface area contributed by atoms with E-state index in [0.717, 1.165) is 48.5 Å². The molecule has 3 nitrogen and oxygen atoms in total. The zero-order valence-corrected chi connectivity index (χ0v) is 17.4. The van der Waals surface area contributed by atoms with Crippen molar-refractivity contribution < 1.29 is 9.84 Å². The van der Waals surface area contributed by atoms with Gasteiger partial charge in [0.25, 0.3) is 0 Å². The zero-order chi connectivity index (χ0) is 20.5. The average Bonchev–Trinajstić information content (AvgIpc) is 2.80. The molecule has 1 N–H and O–H groups in total. The van der Waals surface area contributed by atoms with E-state index in [1.807, 2.05) is 84.9 Å².